The van der Waals surface area contributed by atoms with E-state index in [4.69, 9.17) is 0 Å². The van der Waals surface area contributed by atoms with Crippen LogP contribution in [0.1, 0.15) is 61.8 Å². The first-order valence-electron chi connectivity index (χ1n) is 10.8. The van der Waals surface area contributed by atoms with Gasteiger partial charge in [0.25, 0.3) is 0 Å². The van der Waals surface area contributed by atoms with Crippen molar-refractivity contribution in [2.24, 2.45) is 12.0 Å². The Balaban J connectivity index is 0.00000363. The smallest absolute Gasteiger partial charge is 0.357 e. The molecular formula is C22H32F3IN6. The minimum Gasteiger partial charge on any atom is -0.357 e. The quantitative estimate of drug-likeness (QED) is 0.303. The number of aromatic nitrogens is 3. The van der Waals surface area contributed by atoms with E-state index in [-0.39, 0.29) is 29.4 Å². The van der Waals surface area contributed by atoms with Crippen LogP contribution in [0.5, 0.6) is 0 Å². The van der Waals surface area contributed by atoms with Crippen molar-refractivity contribution in [2.75, 3.05) is 13.1 Å². The fourth-order valence-corrected chi connectivity index (χ4v) is 4.15. The number of nitrogens with one attached hydrogen (secondary N) is 2. The number of alkyl halides is 3. The second kappa shape index (κ2) is 11.3. The van der Waals surface area contributed by atoms with Crippen LogP contribution in [0.2, 0.25) is 0 Å². The maximum atomic E-state index is 13.3. The lowest BCUT2D eigenvalue weighted by Crippen LogP contribution is -2.46. The first kappa shape index (κ1) is 26.4. The standard InChI is InChI=1S/C22H31F3N6.HI/c1-4-26-20(27-14-19-30-29-16(2)31(19)3)28-15-21(11-6-5-7-12-21)17-9-8-10-18(13-17)22(23,24)25;/h8-10,13H,4-7,11-12,14-15H2,1-3H3,(H2,26,27,28);1H. The van der Waals surface area contributed by atoms with Crippen molar-refractivity contribution >= 4 is 29.9 Å². The van der Waals surface area contributed by atoms with Crippen molar-refractivity contribution in [2.45, 2.75) is 64.1 Å². The van der Waals surface area contributed by atoms with Crippen LogP contribution in [0.3, 0.4) is 0 Å². The van der Waals surface area contributed by atoms with Crippen LogP contribution in [0.4, 0.5) is 13.2 Å². The number of aryl methyl sites for hydroxylation is 1. The molecule has 0 spiro atoms. The number of nitrogens with zero attached hydrogens (tertiary/aromatic N) is 4. The third kappa shape index (κ3) is 6.35. The molecule has 3 rings (SSSR count). The van der Waals surface area contributed by atoms with Gasteiger partial charge in [0.2, 0.25) is 0 Å². The molecule has 0 amide bonds. The number of guanidine groups is 1. The number of benzene rings is 1. The van der Waals surface area contributed by atoms with Gasteiger partial charge in [0.15, 0.2) is 11.8 Å². The Morgan fingerprint density at radius 2 is 1.88 bits per heavy atom. The number of aliphatic imine (C=N–C) groups is 1. The van der Waals surface area contributed by atoms with Gasteiger partial charge in [0.05, 0.1) is 5.56 Å². The summed E-state index contributed by atoms with van der Waals surface area (Å²) in [5, 5.41) is 14.8. The fraction of sp³-hybridized carbons (Fsp3) is 0.591. The number of hydrogen-bond donors (Lipinski definition) is 2. The van der Waals surface area contributed by atoms with E-state index in [9.17, 15) is 13.2 Å². The lowest BCUT2D eigenvalue weighted by atomic mass is 9.69. The average Bonchev–Trinajstić information content (AvgIpc) is 3.08. The van der Waals surface area contributed by atoms with Crippen LogP contribution < -0.4 is 10.6 Å². The molecule has 1 fully saturated rings. The summed E-state index contributed by atoms with van der Waals surface area (Å²) in [5.74, 6) is 2.19. The molecule has 32 heavy (non-hydrogen) atoms. The first-order chi connectivity index (χ1) is 14.7. The van der Waals surface area contributed by atoms with Crippen molar-refractivity contribution < 1.29 is 13.2 Å². The van der Waals surface area contributed by atoms with E-state index < -0.39 is 11.7 Å². The highest BCUT2D eigenvalue weighted by atomic mass is 127. The monoisotopic (exact) mass is 564 g/mol. The number of halogens is 4. The van der Waals surface area contributed by atoms with E-state index >= 15 is 0 Å². The van der Waals surface area contributed by atoms with Gasteiger partial charge in [-0.05, 0) is 38.3 Å². The molecule has 0 saturated heterocycles. The Morgan fingerprint density at radius 3 is 2.47 bits per heavy atom. The van der Waals surface area contributed by atoms with Gasteiger partial charge in [0, 0.05) is 25.6 Å². The highest BCUT2D eigenvalue weighted by Crippen LogP contribution is 2.41. The van der Waals surface area contributed by atoms with Crippen LogP contribution in [-0.2, 0) is 25.2 Å². The predicted octanol–water partition coefficient (Wildman–Crippen LogP) is 4.72. The molecule has 0 unspecified atom stereocenters. The van der Waals surface area contributed by atoms with Gasteiger partial charge in [-0.25, -0.2) is 4.99 Å². The van der Waals surface area contributed by atoms with E-state index in [1.165, 1.54) is 12.1 Å². The molecule has 1 aliphatic rings. The van der Waals surface area contributed by atoms with Crippen LogP contribution in [0, 0.1) is 6.92 Å². The molecule has 178 valence electrons. The van der Waals surface area contributed by atoms with Crippen molar-refractivity contribution in [3.05, 3.63) is 47.0 Å². The van der Waals surface area contributed by atoms with Gasteiger partial charge in [0.1, 0.15) is 12.4 Å². The highest BCUT2D eigenvalue weighted by Gasteiger charge is 2.37. The summed E-state index contributed by atoms with van der Waals surface area (Å²) in [5.41, 5.74) is -0.195. The molecule has 1 aromatic heterocycles. The van der Waals surface area contributed by atoms with Crippen LogP contribution in [-0.4, -0.2) is 33.8 Å². The van der Waals surface area contributed by atoms with Crippen molar-refractivity contribution in [3.63, 3.8) is 0 Å². The average molecular weight is 564 g/mol. The van der Waals surface area contributed by atoms with Crippen molar-refractivity contribution in [1.82, 2.24) is 25.4 Å². The zero-order valence-corrected chi connectivity index (χ0v) is 21.1. The molecule has 0 atom stereocenters. The molecular weight excluding hydrogens is 532 g/mol. The summed E-state index contributed by atoms with van der Waals surface area (Å²) in [6.07, 6.45) is 0.477. The Kier molecular flexibility index (Phi) is 9.35. The van der Waals surface area contributed by atoms with Gasteiger partial charge in [-0.3, -0.25) is 0 Å². The summed E-state index contributed by atoms with van der Waals surface area (Å²) < 4.78 is 41.8. The molecule has 0 aliphatic heterocycles. The maximum Gasteiger partial charge on any atom is 0.416 e. The normalized spacial score (nSPS) is 16.4. The van der Waals surface area contributed by atoms with Crippen molar-refractivity contribution in [1.29, 1.82) is 0 Å². The van der Waals surface area contributed by atoms with Gasteiger partial charge < -0.3 is 15.2 Å². The molecule has 2 N–H and O–H groups in total. The van der Waals surface area contributed by atoms with E-state index in [1.807, 2.05) is 31.5 Å². The summed E-state index contributed by atoms with van der Waals surface area (Å²) in [6.45, 7) is 5.43. The lowest BCUT2D eigenvalue weighted by molar-refractivity contribution is -0.137. The molecule has 1 heterocycles. The second-order valence-corrected chi connectivity index (χ2v) is 8.19. The van der Waals surface area contributed by atoms with Gasteiger partial charge >= 0.3 is 6.18 Å². The largest absolute Gasteiger partial charge is 0.416 e. The second-order valence-electron chi connectivity index (χ2n) is 8.19. The molecule has 1 saturated carbocycles. The van der Waals surface area contributed by atoms with E-state index in [0.29, 0.717) is 25.6 Å². The van der Waals surface area contributed by atoms with Crippen LogP contribution in [0.15, 0.2) is 29.3 Å². The topological polar surface area (TPSA) is 67.1 Å². The highest BCUT2D eigenvalue weighted by molar-refractivity contribution is 14.0. The number of hydrogen-bond acceptors (Lipinski definition) is 3. The lowest BCUT2D eigenvalue weighted by Gasteiger charge is -2.38. The van der Waals surface area contributed by atoms with Gasteiger partial charge in [-0.1, -0.05) is 37.5 Å². The molecule has 0 bridgehead atoms. The summed E-state index contributed by atoms with van der Waals surface area (Å²) in [6, 6.07) is 5.81. The molecule has 0 radical (unpaired) electrons. The summed E-state index contributed by atoms with van der Waals surface area (Å²) in [4.78, 5) is 4.61. The minimum absolute atomic E-state index is 0. The van der Waals surface area contributed by atoms with Crippen LogP contribution >= 0.6 is 24.0 Å². The summed E-state index contributed by atoms with van der Waals surface area (Å²) in [7, 11) is 1.89. The Morgan fingerprint density at radius 1 is 1.16 bits per heavy atom. The maximum absolute atomic E-state index is 13.3. The van der Waals surface area contributed by atoms with Gasteiger partial charge in [-0.15, -0.1) is 34.2 Å². The predicted molar refractivity (Wildman–Crippen MR) is 130 cm³/mol. The molecule has 2 aromatic rings. The third-order valence-corrected chi connectivity index (χ3v) is 6.11. The first-order valence-corrected chi connectivity index (χ1v) is 10.8. The zero-order chi connectivity index (χ0) is 22.5. The molecule has 1 aromatic carbocycles. The Labute approximate surface area is 204 Å². The van der Waals surface area contributed by atoms with E-state index in [2.05, 4.69) is 25.8 Å². The molecule has 10 heteroatoms. The minimum atomic E-state index is -4.34. The van der Waals surface area contributed by atoms with E-state index in [0.717, 1.165) is 55.4 Å². The van der Waals surface area contributed by atoms with E-state index in [1.54, 1.807) is 0 Å². The zero-order valence-electron chi connectivity index (χ0n) is 18.8. The fourth-order valence-electron chi connectivity index (χ4n) is 4.15. The molecule has 1 aliphatic carbocycles. The Hall–Kier alpha value is -1.85. The van der Waals surface area contributed by atoms with Crippen molar-refractivity contribution in [3.8, 4) is 0 Å². The molecule has 6 nitrogen and oxygen atoms in total. The third-order valence-electron chi connectivity index (χ3n) is 6.11. The van der Waals surface area contributed by atoms with Gasteiger partial charge in [-0.2, -0.15) is 13.2 Å². The number of rotatable bonds is 6. The Bertz CT molecular complexity index is 903. The van der Waals surface area contributed by atoms with Crippen LogP contribution in [0.25, 0.3) is 0 Å². The SMILES string of the molecule is CCNC(=NCc1nnc(C)n1C)NCC1(c2cccc(C(F)(F)F)c2)CCCCC1.I. The summed E-state index contributed by atoms with van der Waals surface area (Å²) >= 11 is 0.